The SMILES string of the molecule is NCC1CCCCC1C(=O)NCCOCCO. The number of rotatable bonds is 7. The van der Waals surface area contributed by atoms with Gasteiger partial charge in [0, 0.05) is 12.5 Å². The molecule has 2 atom stereocenters. The number of aliphatic hydroxyl groups excluding tert-OH is 1. The fourth-order valence-electron chi connectivity index (χ4n) is 2.38. The number of amides is 1. The van der Waals surface area contributed by atoms with E-state index >= 15 is 0 Å². The Morgan fingerprint density at radius 2 is 2.12 bits per heavy atom. The third-order valence-electron chi connectivity index (χ3n) is 3.33. The Morgan fingerprint density at radius 3 is 2.82 bits per heavy atom. The minimum absolute atomic E-state index is 0.0197. The molecule has 0 bridgehead atoms. The first-order chi connectivity index (χ1) is 8.29. The maximum absolute atomic E-state index is 11.9. The Hall–Kier alpha value is -0.650. The molecular formula is C12H24N2O3. The van der Waals surface area contributed by atoms with Crippen molar-refractivity contribution < 1.29 is 14.6 Å². The van der Waals surface area contributed by atoms with Gasteiger partial charge in [0.05, 0.1) is 19.8 Å². The average Bonchev–Trinajstić information content (AvgIpc) is 2.38. The van der Waals surface area contributed by atoms with Crippen LogP contribution in [-0.2, 0) is 9.53 Å². The zero-order valence-electron chi connectivity index (χ0n) is 10.4. The Morgan fingerprint density at radius 1 is 1.35 bits per heavy atom. The summed E-state index contributed by atoms with van der Waals surface area (Å²) in [6, 6.07) is 0. The normalized spacial score (nSPS) is 24.6. The summed E-state index contributed by atoms with van der Waals surface area (Å²) in [6.07, 6.45) is 4.32. The maximum Gasteiger partial charge on any atom is 0.223 e. The second kappa shape index (κ2) is 8.44. The summed E-state index contributed by atoms with van der Waals surface area (Å²) in [7, 11) is 0. The molecule has 0 aromatic rings. The summed E-state index contributed by atoms with van der Waals surface area (Å²) < 4.78 is 5.08. The van der Waals surface area contributed by atoms with Crippen molar-refractivity contribution in [2.45, 2.75) is 25.7 Å². The average molecular weight is 244 g/mol. The lowest BCUT2D eigenvalue weighted by atomic mass is 9.79. The van der Waals surface area contributed by atoms with E-state index in [0.717, 1.165) is 19.3 Å². The van der Waals surface area contributed by atoms with E-state index in [0.29, 0.717) is 32.2 Å². The lowest BCUT2D eigenvalue weighted by Gasteiger charge is -2.29. The van der Waals surface area contributed by atoms with E-state index in [2.05, 4.69) is 5.32 Å². The zero-order chi connectivity index (χ0) is 12.5. The molecule has 5 heteroatoms. The first-order valence-electron chi connectivity index (χ1n) is 6.46. The molecule has 5 nitrogen and oxygen atoms in total. The van der Waals surface area contributed by atoms with Crippen LogP contribution in [0.25, 0.3) is 0 Å². The smallest absolute Gasteiger partial charge is 0.223 e. The van der Waals surface area contributed by atoms with Gasteiger partial charge in [0.15, 0.2) is 0 Å². The van der Waals surface area contributed by atoms with Crippen LogP contribution in [-0.4, -0.2) is 43.9 Å². The monoisotopic (exact) mass is 244 g/mol. The lowest BCUT2D eigenvalue weighted by Crippen LogP contribution is -2.40. The van der Waals surface area contributed by atoms with E-state index in [9.17, 15) is 4.79 Å². The van der Waals surface area contributed by atoms with Crippen molar-refractivity contribution in [1.29, 1.82) is 0 Å². The number of aliphatic hydroxyl groups is 1. The highest BCUT2D eigenvalue weighted by Crippen LogP contribution is 2.29. The molecule has 0 heterocycles. The highest BCUT2D eigenvalue weighted by molar-refractivity contribution is 5.79. The molecule has 2 unspecified atom stereocenters. The predicted octanol–water partition coefficient (Wildman–Crippen LogP) is -0.123. The molecule has 0 saturated heterocycles. The van der Waals surface area contributed by atoms with Gasteiger partial charge in [-0.05, 0) is 25.3 Å². The summed E-state index contributed by atoms with van der Waals surface area (Å²) >= 11 is 0. The third kappa shape index (κ3) is 5.02. The molecule has 1 aliphatic carbocycles. The molecule has 1 saturated carbocycles. The van der Waals surface area contributed by atoms with Gasteiger partial charge in [0.25, 0.3) is 0 Å². The summed E-state index contributed by atoms with van der Waals surface area (Å²) in [5.74, 6) is 0.515. The maximum atomic E-state index is 11.9. The quantitative estimate of drug-likeness (QED) is 0.545. The molecule has 1 amide bonds. The molecule has 0 aromatic heterocycles. The van der Waals surface area contributed by atoms with E-state index in [1.165, 1.54) is 6.42 Å². The van der Waals surface area contributed by atoms with Gasteiger partial charge in [0.2, 0.25) is 5.91 Å². The van der Waals surface area contributed by atoms with Crippen LogP contribution in [0.15, 0.2) is 0 Å². The Kier molecular flexibility index (Phi) is 7.16. The molecule has 1 rings (SSSR count). The van der Waals surface area contributed by atoms with Crippen LogP contribution < -0.4 is 11.1 Å². The Balaban J connectivity index is 2.20. The lowest BCUT2D eigenvalue weighted by molar-refractivity contribution is -0.127. The van der Waals surface area contributed by atoms with Crippen LogP contribution in [0.4, 0.5) is 0 Å². The van der Waals surface area contributed by atoms with Crippen molar-refractivity contribution in [3.05, 3.63) is 0 Å². The molecule has 0 spiro atoms. The molecule has 0 aliphatic heterocycles. The van der Waals surface area contributed by atoms with Crippen LogP contribution in [0, 0.1) is 11.8 Å². The van der Waals surface area contributed by atoms with Gasteiger partial charge in [-0.1, -0.05) is 12.8 Å². The molecule has 100 valence electrons. The minimum atomic E-state index is 0.0197. The van der Waals surface area contributed by atoms with Crippen molar-refractivity contribution in [3.8, 4) is 0 Å². The van der Waals surface area contributed by atoms with Crippen molar-refractivity contribution >= 4 is 5.91 Å². The van der Waals surface area contributed by atoms with Gasteiger partial charge >= 0.3 is 0 Å². The molecular weight excluding hydrogens is 220 g/mol. The van der Waals surface area contributed by atoms with E-state index in [4.69, 9.17) is 15.6 Å². The topological polar surface area (TPSA) is 84.6 Å². The second-order valence-corrected chi connectivity index (χ2v) is 4.51. The van der Waals surface area contributed by atoms with Gasteiger partial charge in [-0.15, -0.1) is 0 Å². The fraction of sp³-hybridized carbons (Fsp3) is 0.917. The second-order valence-electron chi connectivity index (χ2n) is 4.51. The van der Waals surface area contributed by atoms with Crippen LogP contribution in [0.1, 0.15) is 25.7 Å². The number of carbonyl (C=O) groups excluding carboxylic acids is 1. The van der Waals surface area contributed by atoms with Gasteiger partial charge in [-0.2, -0.15) is 0 Å². The van der Waals surface area contributed by atoms with E-state index in [-0.39, 0.29) is 18.4 Å². The third-order valence-corrected chi connectivity index (χ3v) is 3.33. The van der Waals surface area contributed by atoms with Crippen molar-refractivity contribution in [3.63, 3.8) is 0 Å². The van der Waals surface area contributed by atoms with E-state index in [1.807, 2.05) is 0 Å². The molecule has 0 radical (unpaired) electrons. The number of nitrogens with two attached hydrogens (primary N) is 1. The van der Waals surface area contributed by atoms with Crippen LogP contribution in [0.5, 0.6) is 0 Å². The summed E-state index contributed by atoms with van der Waals surface area (Å²) in [4.78, 5) is 11.9. The molecule has 1 fully saturated rings. The zero-order valence-corrected chi connectivity index (χ0v) is 10.4. The Labute approximate surface area is 103 Å². The van der Waals surface area contributed by atoms with Gasteiger partial charge in [0.1, 0.15) is 0 Å². The first-order valence-corrected chi connectivity index (χ1v) is 6.46. The number of carbonyl (C=O) groups is 1. The first kappa shape index (κ1) is 14.4. The van der Waals surface area contributed by atoms with Crippen LogP contribution in [0.2, 0.25) is 0 Å². The summed E-state index contributed by atoms with van der Waals surface area (Å²) in [5, 5.41) is 11.4. The molecule has 1 aliphatic rings. The van der Waals surface area contributed by atoms with E-state index < -0.39 is 0 Å². The number of hydrogen-bond acceptors (Lipinski definition) is 4. The van der Waals surface area contributed by atoms with Crippen molar-refractivity contribution in [2.24, 2.45) is 17.6 Å². The highest BCUT2D eigenvalue weighted by Gasteiger charge is 2.29. The van der Waals surface area contributed by atoms with Crippen LogP contribution in [0.3, 0.4) is 0 Å². The number of hydrogen-bond donors (Lipinski definition) is 3. The Bertz CT molecular complexity index is 224. The van der Waals surface area contributed by atoms with Crippen molar-refractivity contribution in [1.82, 2.24) is 5.32 Å². The standard InChI is InChI=1S/C12H24N2O3/c13-9-10-3-1-2-4-11(10)12(16)14-5-7-17-8-6-15/h10-11,15H,1-9,13H2,(H,14,16). The van der Waals surface area contributed by atoms with Crippen LogP contribution >= 0.6 is 0 Å². The van der Waals surface area contributed by atoms with Gasteiger partial charge in [-0.3, -0.25) is 4.79 Å². The highest BCUT2D eigenvalue weighted by atomic mass is 16.5. The summed E-state index contributed by atoms with van der Waals surface area (Å²) in [6.45, 7) is 1.90. The summed E-state index contributed by atoms with van der Waals surface area (Å²) in [5.41, 5.74) is 5.69. The van der Waals surface area contributed by atoms with E-state index in [1.54, 1.807) is 0 Å². The van der Waals surface area contributed by atoms with Gasteiger partial charge < -0.3 is 20.9 Å². The van der Waals surface area contributed by atoms with Gasteiger partial charge in [-0.25, -0.2) is 0 Å². The molecule has 0 aromatic carbocycles. The molecule has 17 heavy (non-hydrogen) atoms. The number of nitrogens with one attached hydrogen (secondary N) is 1. The fourth-order valence-corrected chi connectivity index (χ4v) is 2.38. The largest absolute Gasteiger partial charge is 0.394 e. The predicted molar refractivity (Wildman–Crippen MR) is 65.4 cm³/mol. The van der Waals surface area contributed by atoms with Crippen molar-refractivity contribution in [2.75, 3.05) is 32.9 Å². The minimum Gasteiger partial charge on any atom is -0.394 e. The molecule has 4 N–H and O–H groups in total. The number of ether oxygens (including phenoxy) is 1.